The van der Waals surface area contributed by atoms with E-state index in [0.29, 0.717) is 43.2 Å². The van der Waals surface area contributed by atoms with Gasteiger partial charge in [0, 0.05) is 43.2 Å². The van der Waals surface area contributed by atoms with Crippen LogP contribution in [0.5, 0.6) is 0 Å². The molecule has 0 fully saturated rings. The van der Waals surface area contributed by atoms with Gasteiger partial charge in [0.25, 0.3) is 0 Å². The third kappa shape index (κ3) is 3.60. The summed E-state index contributed by atoms with van der Waals surface area (Å²) in [5.74, 6) is -0.974. The second kappa shape index (κ2) is 9.16. The molecule has 38 heavy (non-hydrogen) atoms. The number of thioether (sulfide) groups is 2. The Kier molecular flexibility index (Phi) is 5.78. The van der Waals surface area contributed by atoms with Gasteiger partial charge in [0.05, 0.1) is 22.5 Å². The molecule has 0 spiro atoms. The van der Waals surface area contributed by atoms with E-state index >= 15 is 0 Å². The molecule has 0 aliphatic heterocycles. The smallest absolute Gasteiger partial charge is 0.196 e. The number of benzene rings is 4. The van der Waals surface area contributed by atoms with Gasteiger partial charge in [-0.2, -0.15) is 0 Å². The molecule has 0 atom stereocenters. The average molecular weight is 535 g/mol. The summed E-state index contributed by atoms with van der Waals surface area (Å²) in [5, 5.41) is 3.57. The Morgan fingerprint density at radius 2 is 0.789 bits per heavy atom. The van der Waals surface area contributed by atoms with E-state index in [9.17, 15) is 19.2 Å². The van der Waals surface area contributed by atoms with E-state index in [1.54, 1.807) is 83.6 Å². The number of fused-ring (bicyclic) bond motifs is 4. The van der Waals surface area contributed by atoms with Gasteiger partial charge in [0.2, 0.25) is 0 Å². The summed E-state index contributed by atoms with van der Waals surface area (Å²) in [4.78, 5) is 53.2. The molecule has 4 aromatic carbocycles. The monoisotopic (exact) mass is 534 g/mol. The molecule has 4 N–H and O–H groups in total. The van der Waals surface area contributed by atoms with Crippen molar-refractivity contribution in [3.63, 3.8) is 0 Å². The van der Waals surface area contributed by atoms with Crippen LogP contribution in [0.4, 0.5) is 11.4 Å². The van der Waals surface area contributed by atoms with Crippen LogP contribution in [0.2, 0.25) is 0 Å². The van der Waals surface area contributed by atoms with Gasteiger partial charge in [-0.05, 0) is 35.1 Å². The first-order chi connectivity index (χ1) is 18.4. The number of carbonyl (C=O) groups is 4. The Bertz CT molecular complexity index is 1650. The van der Waals surface area contributed by atoms with Crippen LogP contribution in [0.25, 0.3) is 0 Å². The van der Waals surface area contributed by atoms with Crippen molar-refractivity contribution in [2.75, 3.05) is 11.5 Å². The van der Waals surface area contributed by atoms with Gasteiger partial charge in [0.15, 0.2) is 23.1 Å². The number of carbonyl (C=O) groups excluding carboxylic acids is 4. The fraction of sp³-hybridized carbons (Fsp3) is 0. The van der Waals surface area contributed by atoms with E-state index in [-0.39, 0.29) is 45.6 Å². The predicted molar refractivity (Wildman–Crippen MR) is 149 cm³/mol. The van der Waals surface area contributed by atoms with Crippen molar-refractivity contribution < 1.29 is 19.2 Å². The molecule has 0 radical (unpaired) electrons. The number of nitrogens with two attached hydrogens (primary N) is 2. The van der Waals surface area contributed by atoms with E-state index in [4.69, 9.17) is 11.5 Å². The highest BCUT2D eigenvalue weighted by Crippen LogP contribution is 2.39. The van der Waals surface area contributed by atoms with Crippen molar-refractivity contribution in [3.8, 4) is 0 Å². The molecule has 4 aromatic rings. The van der Waals surface area contributed by atoms with Crippen LogP contribution in [0.3, 0.4) is 0 Å². The first-order valence-corrected chi connectivity index (χ1v) is 13.3. The molecule has 0 amide bonds. The Morgan fingerprint density at radius 3 is 1.16 bits per heavy atom. The summed E-state index contributed by atoms with van der Waals surface area (Å²) in [6, 6.07) is 20.2. The van der Waals surface area contributed by atoms with Crippen LogP contribution in [-0.4, -0.2) is 23.1 Å². The van der Waals surface area contributed by atoms with Gasteiger partial charge < -0.3 is 11.5 Å². The first-order valence-electron chi connectivity index (χ1n) is 11.6. The predicted octanol–water partition coefficient (Wildman–Crippen LogP) is 5.76. The number of hydrogen-bond donors (Lipinski definition) is 2. The van der Waals surface area contributed by atoms with Gasteiger partial charge in [-0.25, -0.2) is 0 Å². The number of anilines is 2. The molecule has 2 aliphatic rings. The first kappa shape index (κ1) is 24.0. The molecule has 0 heterocycles. The van der Waals surface area contributed by atoms with Crippen LogP contribution in [0.1, 0.15) is 63.7 Å². The lowest BCUT2D eigenvalue weighted by Gasteiger charge is -2.20. The topological polar surface area (TPSA) is 120 Å². The molecule has 184 valence electrons. The fourth-order valence-corrected chi connectivity index (χ4v) is 6.28. The van der Waals surface area contributed by atoms with E-state index < -0.39 is 0 Å². The highest BCUT2D eigenvalue weighted by molar-refractivity contribution is 8.05. The van der Waals surface area contributed by atoms with Gasteiger partial charge in [-0.15, -0.1) is 0 Å². The Hall–Kier alpha value is -4.40. The molecule has 0 bridgehead atoms. The van der Waals surface area contributed by atoms with Gasteiger partial charge in [0.1, 0.15) is 0 Å². The summed E-state index contributed by atoms with van der Waals surface area (Å²) >= 11 is 2.60. The maximum Gasteiger partial charge on any atom is 0.196 e. The molecular formula is C30H18N2O4S2. The summed E-state index contributed by atoms with van der Waals surface area (Å²) in [6.07, 6.45) is 0. The van der Waals surface area contributed by atoms with Crippen molar-refractivity contribution in [2.45, 2.75) is 9.79 Å². The fourth-order valence-electron chi connectivity index (χ4n) is 4.79. The minimum Gasteiger partial charge on any atom is -0.397 e. The summed E-state index contributed by atoms with van der Waals surface area (Å²) in [7, 11) is 0. The van der Waals surface area contributed by atoms with Crippen molar-refractivity contribution in [2.24, 2.45) is 0 Å². The Balaban J connectivity index is 1.24. The van der Waals surface area contributed by atoms with Gasteiger partial charge in [-0.3, -0.25) is 19.2 Å². The second-order valence-electron chi connectivity index (χ2n) is 8.72. The maximum absolute atomic E-state index is 13.1. The van der Waals surface area contributed by atoms with Crippen molar-refractivity contribution in [1.29, 1.82) is 0 Å². The standard InChI is InChI=1S/C30H18N2O4S2/c31-25-21(11-9-19-23(25)29(35)17-7-3-1-5-15(17)27(19)33)37-13-14-38-22-12-10-20-24(26(22)32)30(36)18-8-4-2-6-16(18)28(20)34/h1-14H,31-32H2. The molecule has 0 unspecified atom stereocenters. The van der Waals surface area contributed by atoms with Crippen LogP contribution in [0, 0.1) is 0 Å². The number of ketones is 4. The van der Waals surface area contributed by atoms with E-state index in [1.807, 2.05) is 0 Å². The van der Waals surface area contributed by atoms with Crippen LogP contribution in [0.15, 0.2) is 93.4 Å². The number of hydrogen-bond acceptors (Lipinski definition) is 8. The molecular weight excluding hydrogens is 516 g/mol. The lowest BCUT2D eigenvalue weighted by molar-refractivity contribution is 0.0979. The third-order valence-electron chi connectivity index (χ3n) is 6.63. The van der Waals surface area contributed by atoms with Crippen LogP contribution in [-0.2, 0) is 0 Å². The molecule has 0 aromatic heterocycles. The highest BCUT2D eigenvalue weighted by Gasteiger charge is 2.33. The normalized spacial score (nSPS) is 13.8. The average Bonchev–Trinajstić information content (AvgIpc) is 2.94. The summed E-state index contributed by atoms with van der Waals surface area (Å²) in [5.41, 5.74) is 15.7. The van der Waals surface area contributed by atoms with Gasteiger partial charge >= 0.3 is 0 Å². The minimum atomic E-state index is -0.267. The number of nitrogen functional groups attached to an aromatic ring is 2. The Labute approximate surface area is 226 Å². The lowest BCUT2D eigenvalue weighted by atomic mass is 9.83. The zero-order valence-electron chi connectivity index (χ0n) is 19.7. The molecule has 8 heteroatoms. The van der Waals surface area contributed by atoms with Crippen molar-refractivity contribution in [3.05, 3.63) is 128 Å². The summed E-state index contributed by atoms with van der Waals surface area (Å²) in [6.45, 7) is 0. The van der Waals surface area contributed by atoms with E-state index in [2.05, 4.69) is 0 Å². The lowest BCUT2D eigenvalue weighted by Crippen LogP contribution is -2.22. The second-order valence-corrected chi connectivity index (χ2v) is 10.6. The number of rotatable bonds is 4. The van der Waals surface area contributed by atoms with Crippen LogP contribution < -0.4 is 11.5 Å². The SMILES string of the molecule is Nc1c(SC=CSc2ccc3c(c2N)C(=O)c2ccccc2C3=O)ccc2c1C(=O)c1ccccc1C2=O. The molecule has 0 saturated heterocycles. The molecule has 0 saturated carbocycles. The third-order valence-corrected chi connectivity index (χ3v) is 8.57. The van der Waals surface area contributed by atoms with Crippen LogP contribution >= 0.6 is 23.5 Å². The largest absolute Gasteiger partial charge is 0.397 e. The minimum absolute atomic E-state index is 0.219. The van der Waals surface area contributed by atoms with Crippen molar-refractivity contribution >= 4 is 58.0 Å². The van der Waals surface area contributed by atoms with E-state index in [1.165, 1.54) is 23.5 Å². The van der Waals surface area contributed by atoms with Gasteiger partial charge in [-0.1, -0.05) is 72.1 Å². The zero-order chi connectivity index (χ0) is 26.6. The molecule has 2 aliphatic carbocycles. The van der Waals surface area contributed by atoms with Crippen molar-refractivity contribution in [1.82, 2.24) is 0 Å². The molecule has 6 rings (SSSR count). The molecule has 6 nitrogen and oxygen atoms in total. The summed E-state index contributed by atoms with van der Waals surface area (Å²) < 4.78 is 0. The van der Waals surface area contributed by atoms with E-state index in [0.717, 1.165) is 0 Å². The maximum atomic E-state index is 13.1. The zero-order valence-corrected chi connectivity index (χ0v) is 21.3. The highest BCUT2D eigenvalue weighted by atomic mass is 32.2. The Morgan fingerprint density at radius 1 is 0.447 bits per heavy atom. The quantitative estimate of drug-likeness (QED) is 0.216.